The zero-order chi connectivity index (χ0) is 48.4. The highest BCUT2D eigenvalue weighted by Crippen LogP contribution is 2.43. The van der Waals surface area contributed by atoms with Crippen LogP contribution in [0.2, 0.25) is 0 Å². The standard InChI is InChI=1S/C54H85O11P/c1-4-7-10-13-16-19-21-23-25-27-29-32-34-37-40-43-52(56)61-47-51(65-54(58)45-42-39-36-33-30-28-26-24-22-20-17-14-11-8-5-2)49-63-66(59,60)62-48-50(46-55)64-53(57)44-41-38-35-31-18-15-12-9-6-3/h7-8,10-11,16-17,19-20,23-26,29-30,32-33,37,39-40,42,50-51,55H,4-6,9,12-15,18,21-22,27-28,31,34-36,38,41,43-49H2,1-3H3,(H,59,60)/b10-7-,11-8-,19-16-,20-17-,25-23-,26-24-,32-29-,33-30-,40-37-,42-39-. The molecule has 0 heterocycles. The zero-order valence-corrected chi connectivity index (χ0v) is 41.5. The molecule has 2 N–H and O–H groups in total. The maximum absolute atomic E-state index is 12.8. The summed E-state index contributed by atoms with van der Waals surface area (Å²) in [6, 6.07) is 0. The van der Waals surface area contributed by atoms with E-state index in [0.717, 1.165) is 70.6 Å². The van der Waals surface area contributed by atoms with Gasteiger partial charge in [-0.15, -0.1) is 0 Å². The SMILES string of the molecule is CC/C=C\C/C=C\C/C=C\C/C=C\C/C=C\CC(=O)OCC(COP(=O)(O)OCC(CO)OC(=O)CCCCCCCCCCC)OC(=O)C/C=C\C/C=C\C/C=C\C/C=C\C/C=C\CC. The Morgan fingerprint density at radius 1 is 0.439 bits per heavy atom. The Morgan fingerprint density at radius 2 is 0.788 bits per heavy atom. The van der Waals surface area contributed by atoms with Gasteiger partial charge in [-0.25, -0.2) is 4.57 Å². The first-order valence-electron chi connectivity index (χ1n) is 24.4. The van der Waals surface area contributed by atoms with Crippen LogP contribution in [0.15, 0.2) is 122 Å². The Balaban J connectivity index is 5.03. The lowest BCUT2D eigenvalue weighted by Gasteiger charge is -2.21. The van der Waals surface area contributed by atoms with Gasteiger partial charge in [-0.2, -0.15) is 0 Å². The van der Waals surface area contributed by atoms with Crippen molar-refractivity contribution in [3.05, 3.63) is 122 Å². The number of esters is 3. The van der Waals surface area contributed by atoms with Crippen LogP contribution in [0.5, 0.6) is 0 Å². The maximum atomic E-state index is 12.8. The number of aliphatic hydroxyl groups excluding tert-OH is 1. The Bertz CT molecular complexity index is 1570. The van der Waals surface area contributed by atoms with Gasteiger partial charge in [0.1, 0.15) is 12.7 Å². The smallest absolute Gasteiger partial charge is 0.461 e. The second-order valence-electron chi connectivity index (χ2n) is 15.6. The van der Waals surface area contributed by atoms with Gasteiger partial charge in [0.2, 0.25) is 0 Å². The monoisotopic (exact) mass is 941 g/mol. The van der Waals surface area contributed by atoms with Gasteiger partial charge in [0.15, 0.2) is 6.10 Å². The number of aliphatic hydroxyl groups is 1. The molecule has 3 atom stereocenters. The molecular formula is C54H85O11P. The van der Waals surface area contributed by atoms with Crippen molar-refractivity contribution in [1.82, 2.24) is 0 Å². The van der Waals surface area contributed by atoms with Crippen LogP contribution >= 0.6 is 7.82 Å². The van der Waals surface area contributed by atoms with E-state index in [9.17, 15) is 28.9 Å². The molecule has 0 spiro atoms. The van der Waals surface area contributed by atoms with Gasteiger partial charge < -0.3 is 24.2 Å². The van der Waals surface area contributed by atoms with Crippen molar-refractivity contribution >= 4 is 25.7 Å². The van der Waals surface area contributed by atoms with Crippen LogP contribution in [0.4, 0.5) is 0 Å². The van der Waals surface area contributed by atoms with E-state index in [1.54, 1.807) is 12.2 Å². The van der Waals surface area contributed by atoms with Crippen LogP contribution in [0.25, 0.3) is 0 Å². The molecular weight excluding hydrogens is 856 g/mol. The number of unbranched alkanes of at least 4 members (excludes halogenated alkanes) is 8. The number of hydrogen-bond donors (Lipinski definition) is 2. The number of ether oxygens (including phenoxy) is 3. The third kappa shape index (κ3) is 45.1. The summed E-state index contributed by atoms with van der Waals surface area (Å²) in [5.74, 6) is -1.79. The van der Waals surface area contributed by atoms with Crippen LogP contribution in [-0.2, 0) is 42.2 Å². The average Bonchev–Trinajstić information content (AvgIpc) is 3.30. The van der Waals surface area contributed by atoms with Crippen LogP contribution in [0, 0.1) is 0 Å². The number of carbonyl (C=O) groups is 3. The number of hydrogen-bond acceptors (Lipinski definition) is 10. The highest BCUT2D eigenvalue weighted by Gasteiger charge is 2.28. The first-order chi connectivity index (χ1) is 32.2. The van der Waals surface area contributed by atoms with Gasteiger partial charge in [-0.05, 0) is 70.6 Å². The van der Waals surface area contributed by atoms with E-state index in [1.165, 1.54) is 32.1 Å². The summed E-state index contributed by atoms with van der Waals surface area (Å²) in [5.41, 5.74) is 0. The fourth-order valence-corrected chi connectivity index (χ4v) is 6.58. The van der Waals surface area contributed by atoms with Gasteiger partial charge in [0.05, 0.1) is 32.7 Å². The summed E-state index contributed by atoms with van der Waals surface area (Å²) < 4.78 is 39.0. The molecule has 12 heteroatoms. The van der Waals surface area contributed by atoms with E-state index in [2.05, 4.69) is 93.7 Å². The molecule has 0 aliphatic carbocycles. The molecule has 0 rings (SSSR count). The molecule has 0 aliphatic heterocycles. The number of allylic oxidation sites excluding steroid dienone is 18. The van der Waals surface area contributed by atoms with Crippen molar-refractivity contribution in [2.75, 3.05) is 26.4 Å². The largest absolute Gasteiger partial charge is 0.472 e. The minimum Gasteiger partial charge on any atom is -0.461 e. The number of phosphoric acid groups is 1. The third-order valence-electron chi connectivity index (χ3n) is 9.45. The van der Waals surface area contributed by atoms with Crippen molar-refractivity contribution in [2.24, 2.45) is 0 Å². The Labute approximate surface area is 398 Å². The van der Waals surface area contributed by atoms with Crippen molar-refractivity contribution < 1.29 is 52.2 Å². The van der Waals surface area contributed by atoms with E-state index in [0.29, 0.717) is 19.3 Å². The summed E-state index contributed by atoms with van der Waals surface area (Å²) in [4.78, 5) is 48.0. The minimum absolute atomic E-state index is 0.0307. The maximum Gasteiger partial charge on any atom is 0.472 e. The van der Waals surface area contributed by atoms with Crippen LogP contribution in [0.3, 0.4) is 0 Å². The normalized spacial score (nSPS) is 14.6. The molecule has 0 amide bonds. The van der Waals surface area contributed by atoms with E-state index < -0.39 is 64.4 Å². The Morgan fingerprint density at radius 3 is 1.20 bits per heavy atom. The van der Waals surface area contributed by atoms with E-state index >= 15 is 0 Å². The zero-order valence-electron chi connectivity index (χ0n) is 40.6. The third-order valence-corrected chi connectivity index (χ3v) is 10.4. The fraction of sp³-hybridized carbons (Fsp3) is 0.574. The predicted octanol–water partition coefficient (Wildman–Crippen LogP) is 13.7. The Hall–Kier alpha value is -4.12. The van der Waals surface area contributed by atoms with Crippen molar-refractivity contribution in [3.63, 3.8) is 0 Å². The summed E-state index contributed by atoms with van der Waals surface area (Å²) in [6.07, 6.45) is 56.7. The quantitative estimate of drug-likeness (QED) is 0.0197. The lowest BCUT2D eigenvalue weighted by molar-refractivity contribution is -0.160. The summed E-state index contributed by atoms with van der Waals surface area (Å²) in [6.45, 7) is 4.11. The van der Waals surface area contributed by atoms with Crippen molar-refractivity contribution in [1.29, 1.82) is 0 Å². The van der Waals surface area contributed by atoms with Crippen molar-refractivity contribution in [2.45, 2.75) is 174 Å². The van der Waals surface area contributed by atoms with Crippen LogP contribution < -0.4 is 0 Å². The van der Waals surface area contributed by atoms with Gasteiger partial charge in [-0.1, -0.05) is 194 Å². The topological polar surface area (TPSA) is 155 Å². The molecule has 11 nitrogen and oxygen atoms in total. The highest BCUT2D eigenvalue weighted by molar-refractivity contribution is 7.47. The molecule has 0 aromatic carbocycles. The summed E-state index contributed by atoms with van der Waals surface area (Å²) in [5, 5.41) is 9.72. The van der Waals surface area contributed by atoms with E-state index in [1.807, 2.05) is 36.5 Å². The fourth-order valence-electron chi connectivity index (χ4n) is 5.80. The molecule has 3 unspecified atom stereocenters. The number of phosphoric ester groups is 1. The lowest BCUT2D eigenvalue weighted by Crippen LogP contribution is -2.30. The van der Waals surface area contributed by atoms with Crippen LogP contribution in [0.1, 0.15) is 162 Å². The van der Waals surface area contributed by atoms with E-state index in [4.69, 9.17) is 23.3 Å². The van der Waals surface area contributed by atoms with E-state index in [-0.39, 0.29) is 19.3 Å². The first-order valence-corrected chi connectivity index (χ1v) is 25.9. The molecule has 372 valence electrons. The number of carbonyl (C=O) groups excluding carboxylic acids is 3. The first kappa shape index (κ1) is 61.9. The van der Waals surface area contributed by atoms with Gasteiger partial charge in [-0.3, -0.25) is 23.4 Å². The van der Waals surface area contributed by atoms with Crippen LogP contribution in [-0.4, -0.2) is 66.5 Å². The lowest BCUT2D eigenvalue weighted by atomic mass is 10.1. The molecule has 0 aromatic rings. The van der Waals surface area contributed by atoms with Gasteiger partial charge in [0.25, 0.3) is 0 Å². The molecule has 0 fully saturated rings. The highest BCUT2D eigenvalue weighted by atomic mass is 31.2. The Kier molecular flexibility index (Phi) is 44.4. The average molecular weight is 941 g/mol. The summed E-state index contributed by atoms with van der Waals surface area (Å²) >= 11 is 0. The number of rotatable bonds is 43. The molecule has 0 radical (unpaired) electrons. The van der Waals surface area contributed by atoms with Gasteiger partial charge >= 0.3 is 25.7 Å². The summed E-state index contributed by atoms with van der Waals surface area (Å²) in [7, 11) is -4.79. The second-order valence-corrected chi connectivity index (χ2v) is 17.0. The molecule has 0 saturated carbocycles. The molecule has 0 saturated heterocycles. The second kappa shape index (κ2) is 47.4. The molecule has 0 aromatic heterocycles. The molecule has 66 heavy (non-hydrogen) atoms. The molecule has 0 bridgehead atoms. The van der Waals surface area contributed by atoms with Gasteiger partial charge in [0, 0.05) is 6.42 Å². The predicted molar refractivity (Wildman–Crippen MR) is 270 cm³/mol. The molecule has 0 aliphatic rings. The van der Waals surface area contributed by atoms with Crippen molar-refractivity contribution in [3.8, 4) is 0 Å². The minimum atomic E-state index is -4.79.